The van der Waals surface area contributed by atoms with Gasteiger partial charge in [0.1, 0.15) is 11.9 Å². The first-order valence-corrected chi connectivity index (χ1v) is 9.02. The van der Waals surface area contributed by atoms with Crippen molar-refractivity contribution >= 4 is 11.8 Å². The van der Waals surface area contributed by atoms with Gasteiger partial charge in [0.05, 0.1) is 13.1 Å². The van der Waals surface area contributed by atoms with E-state index in [0.717, 1.165) is 31.7 Å². The van der Waals surface area contributed by atoms with Crippen molar-refractivity contribution in [3.63, 3.8) is 0 Å². The van der Waals surface area contributed by atoms with E-state index in [9.17, 15) is 9.59 Å². The molecule has 2 aliphatic heterocycles. The van der Waals surface area contributed by atoms with E-state index in [-0.39, 0.29) is 24.5 Å². The maximum atomic E-state index is 12.3. The molecule has 2 saturated heterocycles. The molecule has 0 saturated carbocycles. The van der Waals surface area contributed by atoms with Crippen molar-refractivity contribution in [2.75, 3.05) is 39.3 Å². The van der Waals surface area contributed by atoms with Crippen molar-refractivity contribution in [1.82, 2.24) is 15.1 Å². The topological polar surface area (TPSA) is 61.9 Å². The molecule has 2 heterocycles. The van der Waals surface area contributed by atoms with E-state index < -0.39 is 0 Å². The Bertz CT molecular complexity index is 619. The highest BCUT2D eigenvalue weighted by atomic mass is 16.5. The van der Waals surface area contributed by atoms with Gasteiger partial charge in [-0.05, 0) is 37.8 Å². The van der Waals surface area contributed by atoms with Crippen LogP contribution in [-0.4, -0.2) is 67.0 Å². The number of carbonyl (C=O) groups excluding carboxylic acids is 2. The summed E-state index contributed by atoms with van der Waals surface area (Å²) in [6.45, 7) is 7.58. The van der Waals surface area contributed by atoms with Gasteiger partial charge in [-0.15, -0.1) is 0 Å². The van der Waals surface area contributed by atoms with Gasteiger partial charge in [-0.1, -0.05) is 18.2 Å². The molecule has 6 heteroatoms. The van der Waals surface area contributed by atoms with Crippen molar-refractivity contribution < 1.29 is 14.3 Å². The Labute approximate surface area is 149 Å². The number of hydrogen-bond acceptors (Lipinski definition) is 4. The van der Waals surface area contributed by atoms with Crippen LogP contribution < -0.4 is 10.1 Å². The van der Waals surface area contributed by atoms with Gasteiger partial charge in [0, 0.05) is 26.2 Å². The number of amides is 2. The fourth-order valence-electron chi connectivity index (χ4n) is 3.48. The van der Waals surface area contributed by atoms with Gasteiger partial charge in [0.2, 0.25) is 11.8 Å². The van der Waals surface area contributed by atoms with Gasteiger partial charge in [0.15, 0.2) is 0 Å². The Morgan fingerprint density at radius 2 is 1.88 bits per heavy atom. The first-order chi connectivity index (χ1) is 12.0. The van der Waals surface area contributed by atoms with Gasteiger partial charge < -0.3 is 15.0 Å². The van der Waals surface area contributed by atoms with E-state index in [1.165, 1.54) is 11.1 Å². The summed E-state index contributed by atoms with van der Waals surface area (Å²) in [5.74, 6) is 0.973. The molecule has 136 valence electrons. The van der Waals surface area contributed by atoms with Crippen LogP contribution in [0.4, 0.5) is 0 Å². The minimum Gasteiger partial charge on any atom is -0.490 e. The highest BCUT2D eigenvalue weighted by Gasteiger charge is 2.26. The number of piperidine rings is 1. The summed E-state index contributed by atoms with van der Waals surface area (Å²) in [5, 5.41) is 2.75. The summed E-state index contributed by atoms with van der Waals surface area (Å²) in [4.78, 5) is 27.6. The third kappa shape index (κ3) is 4.51. The van der Waals surface area contributed by atoms with E-state index in [1.54, 1.807) is 4.90 Å². The predicted molar refractivity (Wildman–Crippen MR) is 95.6 cm³/mol. The molecule has 1 aromatic carbocycles. The zero-order valence-corrected chi connectivity index (χ0v) is 15.1. The Morgan fingerprint density at radius 1 is 1.20 bits per heavy atom. The fourth-order valence-corrected chi connectivity index (χ4v) is 3.48. The number of piperazine rings is 1. The van der Waals surface area contributed by atoms with Crippen LogP contribution in [0.3, 0.4) is 0 Å². The van der Waals surface area contributed by atoms with Crippen molar-refractivity contribution in [3.8, 4) is 5.75 Å². The molecular formula is C19H27N3O3. The summed E-state index contributed by atoms with van der Waals surface area (Å²) in [7, 11) is 0. The van der Waals surface area contributed by atoms with Crippen molar-refractivity contribution in [3.05, 3.63) is 29.3 Å². The number of nitrogens with zero attached hydrogens (tertiary/aromatic N) is 2. The lowest BCUT2D eigenvalue weighted by atomic mass is 10.1. The van der Waals surface area contributed by atoms with Crippen molar-refractivity contribution in [1.29, 1.82) is 0 Å². The summed E-state index contributed by atoms with van der Waals surface area (Å²) >= 11 is 0. The average molecular weight is 345 g/mol. The minimum atomic E-state index is -0.0692. The van der Waals surface area contributed by atoms with E-state index in [4.69, 9.17) is 4.74 Å². The Morgan fingerprint density at radius 3 is 2.52 bits per heavy atom. The molecule has 2 aliphatic rings. The maximum Gasteiger partial charge on any atom is 0.239 e. The number of benzene rings is 1. The standard InChI is InChI=1S/C19H27N3O3/c1-14-4-3-5-15(2)19(14)25-16-6-9-21(10-7-16)13-18(24)22-11-8-20-17(23)12-22/h3-5,16H,6-13H2,1-2H3,(H,20,23). The van der Waals surface area contributed by atoms with Crippen LogP contribution in [-0.2, 0) is 9.59 Å². The van der Waals surface area contributed by atoms with Crippen LogP contribution >= 0.6 is 0 Å². The molecule has 2 amide bonds. The third-order valence-electron chi connectivity index (χ3n) is 4.98. The average Bonchev–Trinajstić information content (AvgIpc) is 2.60. The predicted octanol–water partition coefficient (Wildman–Crippen LogP) is 1.11. The molecule has 25 heavy (non-hydrogen) atoms. The van der Waals surface area contributed by atoms with Crippen LogP contribution in [0.25, 0.3) is 0 Å². The molecule has 1 aromatic rings. The lowest BCUT2D eigenvalue weighted by Crippen LogP contribution is -2.53. The molecule has 6 nitrogen and oxygen atoms in total. The van der Waals surface area contributed by atoms with Crippen LogP contribution in [0.2, 0.25) is 0 Å². The van der Waals surface area contributed by atoms with Crippen LogP contribution in [0.15, 0.2) is 18.2 Å². The van der Waals surface area contributed by atoms with Gasteiger partial charge in [-0.25, -0.2) is 0 Å². The molecule has 0 spiro atoms. The van der Waals surface area contributed by atoms with Gasteiger partial charge in [-0.2, -0.15) is 0 Å². The molecule has 3 rings (SSSR count). The van der Waals surface area contributed by atoms with E-state index in [0.29, 0.717) is 19.6 Å². The normalized spacial score (nSPS) is 19.6. The summed E-state index contributed by atoms with van der Waals surface area (Å²) in [6, 6.07) is 6.20. The van der Waals surface area contributed by atoms with Gasteiger partial charge >= 0.3 is 0 Å². The quantitative estimate of drug-likeness (QED) is 0.888. The molecular weight excluding hydrogens is 318 g/mol. The van der Waals surface area contributed by atoms with Crippen molar-refractivity contribution in [2.24, 2.45) is 0 Å². The largest absolute Gasteiger partial charge is 0.490 e. The summed E-state index contributed by atoms with van der Waals surface area (Å²) < 4.78 is 6.23. The molecule has 0 aliphatic carbocycles. The molecule has 0 unspecified atom stereocenters. The Kier molecular flexibility index (Phi) is 5.58. The minimum absolute atomic E-state index is 0.0453. The highest BCUT2D eigenvalue weighted by molar-refractivity contribution is 5.86. The number of ether oxygens (including phenoxy) is 1. The summed E-state index contributed by atoms with van der Waals surface area (Å²) in [5.41, 5.74) is 2.34. The fraction of sp³-hybridized carbons (Fsp3) is 0.579. The molecule has 1 N–H and O–H groups in total. The first-order valence-electron chi connectivity index (χ1n) is 9.02. The first kappa shape index (κ1) is 17.7. The zero-order valence-electron chi connectivity index (χ0n) is 15.1. The number of hydrogen-bond donors (Lipinski definition) is 1. The van der Waals surface area contributed by atoms with E-state index in [1.807, 2.05) is 6.07 Å². The smallest absolute Gasteiger partial charge is 0.239 e. The number of likely N-dealkylation sites (tertiary alicyclic amines) is 1. The van der Waals surface area contributed by atoms with Gasteiger partial charge in [0.25, 0.3) is 0 Å². The molecule has 0 bridgehead atoms. The summed E-state index contributed by atoms with van der Waals surface area (Å²) in [6.07, 6.45) is 2.04. The Hall–Kier alpha value is -2.08. The number of carbonyl (C=O) groups is 2. The second-order valence-corrected chi connectivity index (χ2v) is 6.98. The highest BCUT2D eigenvalue weighted by Crippen LogP contribution is 2.26. The van der Waals surface area contributed by atoms with Gasteiger partial charge in [-0.3, -0.25) is 14.5 Å². The second kappa shape index (κ2) is 7.87. The SMILES string of the molecule is Cc1cccc(C)c1OC1CCN(CC(=O)N2CCNC(=O)C2)CC1. The monoisotopic (exact) mass is 345 g/mol. The Balaban J connectivity index is 1.47. The zero-order chi connectivity index (χ0) is 17.8. The lowest BCUT2D eigenvalue weighted by Gasteiger charge is -2.34. The maximum absolute atomic E-state index is 12.3. The number of nitrogens with one attached hydrogen (secondary N) is 1. The number of rotatable bonds is 4. The second-order valence-electron chi connectivity index (χ2n) is 6.98. The lowest BCUT2D eigenvalue weighted by molar-refractivity contribution is -0.139. The molecule has 0 radical (unpaired) electrons. The molecule has 0 aromatic heterocycles. The van der Waals surface area contributed by atoms with Crippen LogP contribution in [0, 0.1) is 13.8 Å². The van der Waals surface area contributed by atoms with Crippen LogP contribution in [0.1, 0.15) is 24.0 Å². The van der Waals surface area contributed by atoms with E-state index in [2.05, 4.69) is 36.2 Å². The number of aryl methyl sites for hydroxylation is 2. The van der Waals surface area contributed by atoms with E-state index >= 15 is 0 Å². The molecule has 0 atom stereocenters. The molecule has 2 fully saturated rings. The number of para-hydroxylation sites is 1. The third-order valence-corrected chi connectivity index (χ3v) is 4.98. The van der Waals surface area contributed by atoms with Crippen LogP contribution in [0.5, 0.6) is 5.75 Å². The van der Waals surface area contributed by atoms with Crippen molar-refractivity contribution in [2.45, 2.75) is 32.8 Å².